The van der Waals surface area contributed by atoms with Crippen molar-refractivity contribution >= 4 is 33.3 Å². The minimum Gasteiger partial charge on any atom is -0.382 e. The number of anilines is 3. The number of rotatable bonds is 8. The summed E-state index contributed by atoms with van der Waals surface area (Å²) in [6, 6.07) is 5.64. The molecule has 13 heteroatoms. The number of likely N-dealkylation sites (tertiary alicyclic amines) is 1. The normalized spacial score (nSPS) is 15.9. The van der Waals surface area contributed by atoms with E-state index in [-0.39, 0.29) is 23.1 Å². The second-order valence-electron chi connectivity index (χ2n) is 9.19. The first-order valence-electron chi connectivity index (χ1n) is 11.6. The van der Waals surface area contributed by atoms with Crippen LogP contribution in [0.4, 0.5) is 17.3 Å². The summed E-state index contributed by atoms with van der Waals surface area (Å²) < 4.78 is 25.8. The summed E-state index contributed by atoms with van der Waals surface area (Å²) in [4.78, 5) is 27.7. The maximum atomic E-state index is 12.9. The maximum Gasteiger partial charge on any atom is 0.257 e. The minimum atomic E-state index is -3.48. The van der Waals surface area contributed by atoms with Gasteiger partial charge in [0.05, 0.1) is 46.4 Å². The lowest BCUT2D eigenvalue weighted by molar-refractivity contribution is 0.0578. The molecule has 3 aromatic rings. The third-order valence-corrected chi connectivity index (χ3v) is 7.90. The summed E-state index contributed by atoms with van der Waals surface area (Å²) in [5.74, 6) is 0.919. The molecule has 186 valence electrons. The smallest absolute Gasteiger partial charge is 0.257 e. The van der Waals surface area contributed by atoms with Gasteiger partial charge in [0.25, 0.3) is 15.9 Å². The molecule has 0 unspecified atom stereocenters. The highest BCUT2D eigenvalue weighted by molar-refractivity contribution is 7.90. The Bertz CT molecular complexity index is 1450. The Kier molecular flexibility index (Phi) is 6.05. The molecular weight excluding hydrogens is 482 g/mol. The number of amides is 1. The predicted molar refractivity (Wildman–Crippen MR) is 132 cm³/mol. The van der Waals surface area contributed by atoms with Gasteiger partial charge in [0.15, 0.2) is 5.82 Å². The van der Waals surface area contributed by atoms with Crippen LogP contribution in [0.5, 0.6) is 0 Å². The molecule has 3 aromatic heterocycles. The van der Waals surface area contributed by atoms with Gasteiger partial charge in [-0.05, 0) is 32.8 Å². The first-order valence-corrected chi connectivity index (χ1v) is 13.1. The SMILES string of the molecule is CC(C)Nc1cc(Nc2ccnc(-c3cnn(S(=O)(=O)C4CC4)c3)n2)ncc1C(=O)N1CC(C#N)C1. The van der Waals surface area contributed by atoms with Gasteiger partial charge in [-0.2, -0.15) is 14.4 Å². The van der Waals surface area contributed by atoms with Crippen LogP contribution in [0.3, 0.4) is 0 Å². The second kappa shape index (κ2) is 9.19. The number of carbonyl (C=O) groups excluding carboxylic acids is 1. The van der Waals surface area contributed by atoms with E-state index < -0.39 is 10.0 Å². The molecular formula is C23H25N9O3S. The zero-order valence-corrected chi connectivity index (χ0v) is 20.6. The molecule has 1 amide bonds. The largest absolute Gasteiger partial charge is 0.382 e. The summed E-state index contributed by atoms with van der Waals surface area (Å²) in [6.07, 6.45) is 7.20. The van der Waals surface area contributed by atoms with Gasteiger partial charge in [-0.15, -0.1) is 0 Å². The molecule has 2 aliphatic rings. The molecule has 1 saturated heterocycles. The molecule has 4 heterocycles. The summed E-state index contributed by atoms with van der Waals surface area (Å²) in [5, 5.41) is 19.0. The van der Waals surface area contributed by atoms with Crippen LogP contribution in [-0.4, -0.2) is 67.7 Å². The average Bonchev–Trinajstić information content (AvgIpc) is 3.55. The van der Waals surface area contributed by atoms with Crippen molar-refractivity contribution < 1.29 is 13.2 Å². The Hall–Kier alpha value is -4.05. The van der Waals surface area contributed by atoms with Gasteiger partial charge in [-0.25, -0.2) is 23.4 Å². The van der Waals surface area contributed by atoms with Crippen molar-refractivity contribution in [1.29, 1.82) is 5.26 Å². The third-order valence-electron chi connectivity index (χ3n) is 5.87. The number of aromatic nitrogens is 5. The molecule has 2 fully saturated rings. The van der Waals surface area contributed by atoms with Crippen LogP contribution < -0.4 is 10.6 Å². The fourth-order valence-electron chi connectivity index (χ4n) is 3.80. The first kappa shape index (κ1) is 23.7. The van der Waals surface area contributed by atoms with Crippen LogP contribution in [0.1, 0.15) is 37.0 Å². The quantitative estimate of drug-likeness (QED) is 0.463. The van der Waals surface area contributed by atoms with Gasteiger partial charge in [0, 0.05) is 37.6 Å². The van der Waals surface area contributed by atoms with E-state index in [4.69, 9.17) is 5.26 Å². The van der Waals surface area contributed by atoms with Gasteiger partial charge in [-0.1, -0.05) is 0 Å². The highest BCUT2D eigenvalue weighted by atomic mass is 32.2. The van der Waals surface area contributed by atoms with Crippen LogP contribution in [0.15, 0.2) is 36.9 Å². The molecule has 0 aromatic carbocycles. The molecule has 0 atom stereocenters. The number of hydrogen-bond donors (Lipinski definition) is 2. The number of nitrogens with zero attached hydrogens (tertiary/aromatic N) is 7. The van der Waals surface area contributed by atoms with Crippen molar-refractivity contribution in [3.63, 3.8) is 0 Å². The van der Waals surface area contributed by atoms with E-state index in [1.165, 1.54) is 18.6 Å². The number of pyridine rings is 1. The molecule has 5 rings (SSSR count). The van der Waals surface area contributed by atoms with E-state index in [0.717, 1.165) is 4.09 Å². The monoisotopic (exact) mass is 507 g/mol. The number of nitriles is 1. The van der Waals surface area contributed by atoms with E-state index in [2.05, 4.69) is 36.8 Å². The summed E-state index contributed by atoms with van der Waals surface area (Å²) in [5.41, 5.74) is 1.52. The standard InChI is InChI=1S/C23H25N9O3S/c1-14(2)28-19-7-21(26-10-18(19)23(33)31-11-15(8-24)12-31)29-20-5-6-25-22(30-20)16-9-27-32(13-16)36(34,35)17-3-4-17/h5-7,9-10,13-15,17H,3-4,11-12H2,1-2H3,(H2,25,26,28,29,30). The van der Waals surface area contributed by atoms with Crippen LogP contribution in [0, 0.1) is 17.2 Å². The van der Waals surface area contributed by atoms with Crippen molar-refractivity contribution in [3.05, 3.63) is 42.5 Å². The van der Waals surface area contributed by atoms with Gasteiger partial charge in [0.1, 0.15) is 11.6 Å². The van der Waals surface area contributed by atoms with Crippen molar-refractivity contribution in [2.75, 3.05) is 23.7 Å². The van der Waals surface area contributed by atoms with E-state index in [1.807, 2.05) is 13.8 Å². The molecule has 36 heavy (non-hydrogen) atoms. The lowest BCUT2D eigenvalue weighted by Gasteiger charge is -2.35. The van der Waals surface area contributed by atoms with Crippen molar-refractivity contribution in [3.8, 4) is 17.5 Å². The van der Waals surface area contributed by atoms with Gasteiger partial charge >= 0.3 is 0 Å². The lowest BCUT2D eigenvalue weighted by atomic mass is 10.0. The fraction of sp³-hybridized carbons (Fsp3) is 0.391. The Morgan fingerprint density at radius 3 is 2.67 bits per heavy atom. The Morgan fingerprint density at radius 1 is 1.19 bits per heavy atom. The van der Waals surface area contributed by atoms with Gasteiger partial charge in [0.2, 0.25) is 0 Å². The van der Waals surface area contributed by atoms with Crippen LogP contribution in [0.25, 0.3) is 11.4 Å². The molecule has 1 saturated carbocycles. The zero-order valence-electron chi connectivity index (χ0n) is 19.8. The topological polar surface area (TPSA) is 159 Å². The average molecular weight is 508 g/mol. The molecule has 0 spiro atoms. The Labute approximate surface area is 208 Å². The maximum absolute atomic E-state index is 12.9. The van der Waals surface area contributed by atoms with E-state index in [9.17, 15) is 13.2 Å². The Balaban J connectivity index is 1.36. The predicted octanol–water partition coefficient (Wildman–Crippen LogP) is 2.23. The minimum absolute atomic E-state index is 0.0733. The molecule has 0 radical (unpaired) electrons. The van der Waals surface area contributed by atoms with E-state index in [0.29, 0.717) is 60.2 Å². The van der Waals surface area contributed by atoms with Crippen LogP contribution in [0.2, 0.25) is 0 Å². The number of carbonyl (C=O) groups is 1. The van der Waals surface area contributed by atoms with Crippen molar-refractivity contribution in [2.45, 2.75) is 38.0 Å². The van der Waals surface area contributed by atoms with E-state index >= 15 is 0 Å². The molecule has 2 N–H and O–H groups in total. The van der Waals surface area contributed by atoms with Crippen LogP contribution in [-0.2, 0) is 10.0 Å². The molecule has 0 bridgehead atoms. The highest BCUT2D eigenvalue weighted by Gasteiger charge is 2.37. The van der Waals surface area contributed by atoms with Crippen molar-refractivity contribution in [1.82, 2.24) is 29.0 Å². The first-order chi connectivity index (χ1) is 17.2. The summed E-state index contributed by atoms with van der Waals surface area (Å²) >= 11 is 0. The molecule has 12 nitrogen and oxygen atoms in total. The van der Waals surface area contributed by atoms with Crippen molar-refractivity contribution in [2.24, 2.45) is 5.92 Å². The number of nitrogens with one attached hydrogen (secondary N) is 2. The van der Waals surface area contributed by atoms with Gasteiger partial charge < -0.3 is 15.5 Å². The fourth-order valence-corrected chi connectivity index (χ4v) is 5.27. The lowest BCUT2D eigenvalue weighted by Crippen LogP contribution is -2.49. The van der Waals surface area contributed by atoms with Gasteiger partial charge in [-0.3, -0.25) is 4.79 Å². The summed E-state index contributed by atoms with van der Waals surface area (Å²) in [7, 11) is -3.48. The van der Waals surface area contributed by atoms with E-state index in [1.54, 1.807) is 23.2 Å². The highest BCUT2D eigenvalue weighted by Crippen LogP contribution is 2.30. The van der Waals surface area contributed by atoms with Crippen LogP contribution >= 0.6 is 0 Å². The second-order valence-corrected chi connectivity index (χ2v) is 11.3. The Morgan fingerprint density at radius 2 is 1.97 bits per heavy atom. The summed E-state index contributed by atoms with van der Waals surface area (Å²) in [6.45, 7) is 4.77. The molecule has 1 aliphatic heterocycles. The molecule has 1 aliphatic carbocycles. The number of hydrogen-bond acceptors (Lipinski definition) is 10. The third kappa shape index (κ3) is 4.72. The zero-order chi connectivity index (χ0) is 25.4.